The van der Waals surface area contributed by atoms with Gasteiger partial charge in [-0.25, -0.2) is 14.6 Å². The van der Waals surface area contributed by atoms with Crippen LogP contribution in [0.1, 0.15) is 25.8 Å². The van der Waals surface area contributed by atoms with Crippen molar-refractivity contribution in [1.82, 2.24) is 24.6 Å². The second-order valence-electron chi connectivity index (χ2n) is 9.83. The van der Waals surface area contributed by atoms with Crippen LogP contribution in [0, 0.1) is 11.8 Å². The Balaban J connectivity index is 1.28. The van der Waals surface area contributed by atoms with E-state index in [-0.39, 0.29) is 11.9 Å². The fourth-order valence-electron chi connectivity index (χ4n) is 5.66. The highest BCUT2D eigenvalue weighted by molar-refractivity contribution is 5.98. The number of carbonyl (C=O) groups is 1. The molecule has 2 aromatic carbocycles. The molecule has 3 heterocycles. The number of para-hydroxylation sites is 1. The van der Waals surface area contributed by atoms with Crippen molar-refractivity contribution in [3.8, 4) is 22.8 Å². The van der Waals surface area contributed by atoms with E-state index in [1.54, 1.807) is 6.92 Å². The Morgan fingerprint density at radius 2 is 1.67 bits per heavy atom. The van der Waals surface area contributed by atoms with E-state index in [1.807, 2.05) is 64.2 Å². The van der Waals surface area contributed by atoms with Gasteiger partial charge in [0.2, 0.25) is 5.91 Å². The van der Waals surface area contributed by atoms with E-state index in [0.717, 1.165) is 59.7 Å². The molecule has 1 amide bonds. The van der Waals surface area contributed by atoms with Crippen LogP contribution < -0.4 is 10.5 Å². The molecule has 2 atom stereocenters. The number of aromatic nitrogens is 4. The van der Waals surface area contributed by atoms with Gasteiger partial charge in [-0.05, 0) is 68.0 Å². The van der Waals surface area contributed by atoms with Crippen LogP contribution in [0.4, 0.5) is 5.82 Å². The van der Waals surface area contributed by atoms with Crippen LogP contribution in [0.5, 0.6) is 11.5 Å². The lowest BCUT2D eigenvalue weighted by molar-refractivity contribution is -0.126. The van der Waals surface area contributed by atoms with Crippen molar-refractivity contribution in [3.63, 3.8) is 0 Å². The van der Waals surface area contributed by atoms with Crippen LogP contribution in [0.2, 0.25) is 0 Å². The molecule has 2 aromatic heterocycles. The molecular weight excluding hydrogens is 452 g/mol. The lowest BCUT2D eigenvalue weighted by atomic mass is 10.0. The van der Waals surface area contributed by atoms with Gasteiger partial charge in [-0.3, -0.25) is 4.79 Å². The number of nitrogen functional groups attached to an aromatic ring is 1. The lowest BCUT2D eigenvalue weighted by Crippen LogP contribution is -2.30. The third-order valence-corrected chi connectivity index (χ3v) is 7.35. The minimum Gasteiger partial charge on any atom is -0.457 e. The Bertz CT molecular complexity index is 1430. The zero-order chi connectivity index (χ0) is 24.8. The van der Waals surface area contributed by atoms with Crippen molar-refractivity contribution in [3.05, 3.63) is 73.1 Å². The molecule has 1 aliphatic carbocycles. The molecule has 182 valence electrons. The molecule has 2 unspecified atom stereocenters. The van der Waals surface area contributed by atoms with Gasteiger partial charge in [-0.2, -0.15) is 5.10 Å². The standard InChI is InChI=1S/C28H28N6O2/c1-17(2)28(35)33-14-19-12-21(13-20(19)15-33)34-27-24(26(29)30-16-31-27)25(32-34)18-8-10-23(11-9-18)36-22-6-4-3-5-7-22/h3-11,16,19-21H,1,12-15H2,2H3,(H2,29,30,31). The van der Waals surface area contributed by atoms with Gasteiger partial charge in [-0.1, -0.05) is 24.8 Å². The highest BCUT2D eigenvalue weighted by Gasteiger charge is 2.43. The van der Waals surface area contributed by atoms with E-state index < -0.39 is 0 Å². The maximum atomic E-state index is 12.4. The van der Waals surface area contributed by atoms with Crippen molar-refractivity contribution < 1.29 is 9.53 Å². The van der Waals surface area contributed by atoms with Crippen molar-refractivity contribution in [2.24, 2.45) is 11.8 Å². The molecule has 2 fully saturated rings. The van der Waals surface area contributed by atoms with Gasteiger partial charge in [0, 0.05) is 24.2 Å². The Labute approximate surface area is 209 Å². The highest BCUT2D eigenvalue weighted by Crippen LogP contribution is 2.45. The molecule has 0 radical (unpaired) electrons. The van der Waals surface area contributed by atoms with Crippen molar-refractivity contribution in [2.75, 3.05) is 18.8 Å². The van der Waals surface area contributed by atoms with E-state index >= 15 is 0 Å². The number of hydrogen-bond acceptors (Lipinski definition) is 6. The fraction of sp³-hybridized carbons (Fsp3) is 0.286. The number of amides is 1. The second kappa shape index (κ2) is 8.78. The van der Waals surface area contributed by atoms with Crippen molar-refractivity contribution in [1.29, 1.82) is 0 Å². The molecule has 2 N–H and O–H groups in total. The minimum absolute atomic E-state index is 0.0629. The summed E-state index contributed by atoms with van der Waals surface area (Å²) < 4.78 is 7.97. The summed E-state index contributed by atoms with van der Waals surface area (Å²) in [7, 11) is 0. The van der Waals surface area contributed by atoms with Crippen molar-refractivity contribution >= 4 is 22.8 Å². The lowest BCUT2D eigenvalue weighted by Gasteiger charge is -2.19. The number of carbonyl (C=O) groups excluding carboxylic acids is 1. The Kier molecular flexibility index (Phi) is 5.44. The molecular formula is C28H28N6O2. The zero-order valence-corrected chi connectivity index (χ0v) is 20.2. The van der Waals surface area contributed by atoms with Gasteiger partial charge in [0.15, 0.2) is 5.65 Å². The third kappa shape index (κ3) is 3.88. The molecule has 6 rings (SSSR count). The second-order valence-corrected chi connectivity index (χ2v) is 9.83. The Morgan fingerprint density at radius 3 is 2.33 bits per heavy atom. The first-order chi connectivity index (χ1) is 17.5. The maximum absolute atomic E-state index is 12.4. The number of nitrogens with two attached hydrogens (primary N) is 1. The van der Waals surface area contributed by atoms with E-state index in [0.29, 0.717) is 23.2 Å². The first kappa shape index (κ1) is 22.3. The molecule has 1 saturated carbocycles. The predicted octanol–water partition coefficient (Wildman–Crippen LogP) is 4.85. The zero-order valence-electron chi connectivity index (χ0n) is 20.2. The molecule has 1 aliphatic heterocycles. The molecule has 8 nitrogen and oxygen atoms in total. The Morgan fingerprint density at radius 1 is 1.00 bits per heavy atom. The Hall–Kier alpha value is -4.20. The highest BCUT2D eigenvalue weighted by atomic mass is 16.5. The molecule has 0 spiro atoms. The average molecular weight is 481 g/mol. The largest absolute Gasteiger partial charge is 0.457 e. The van der Waals surface area contributed by atoms with Gasteiger partial charge in [0.25, 0.3) is 0 Å². The summed E-state index contributed by atoms with van der Waals surface area (Å²) in [6, 6.07) is 17.7. The van der Waals surface area contributed by atoms with Gasteiger partial charge >= 0.3 is 0 Å². The van der Waals surface area contributed by atoms with E-state index in [4.69, 9.17) is 15.6 Å². The molecule has 2 aliphatic rings. The number of fused-ring (bicyclic) bond motifs is 2. The molecule has 4 aromatic rings. The predicted molar refractivity (Wildman–Crippen MR) is 138 cm³/mol. The number of likely N-dealkylation sites (tertiary alicyclic amines) is 1. The van der Waals surface area contributed by atoms with Crippen LogP contribution >= 0.6 is 0 Å². The molecule has 8 heteroatoms. The molecule has 0 bridgehead atoms. The number of ether oxygens (including phenoxy) is 1. The van der Waals surface area contributed by atoms with E-state index in [9.17, 15) is 4.79 Å². The van der Waals surface area contributed by atoms with Crippen molar-refractivity contribution in [2.45, 2.75) is 25.8 Å². The SMILES string of the molecule is C=C(C)C(=O)N1CC2CC(n3nc(-c4ccc(Oc5ccccc5)cc4)c4c(N)ncnc43)CC2C1. The van der Waals surface area contributed by atoms with Crippen LogP contribution in [-0.2, 0) is 4.79 Å². The summed E-state index contributed by atoms with van der Waals surface area (Å²) in [5, 5.41) is 5.79. The number of benzene rings is 2. The van der Waals surface area contributed by atoms with E-state index in [1.165, 1.54) is 6.33 Å². The smallest absolute Gasteiger partial charge is 0.248 e. The number of rotatable bonds is 5. The summed E-state index contributed by atoms with van der Waals surface area (Å²) in [5.74, 6) is 2.92. The average Bonchev–Trinajstić information content (AvgIpc) is 3.57. The summed E-state index contributed by atoms with van der Waals surface area (Å²) >= 11 is 0. The normalized spacial score (nSPS) is 21.0. The maximum Gasteiger partial charge on any atom is 0.248 e. The number of hydrogen-bond donors (Lipinski definition) is 1. The van der Waals surface area contributed by atoms with Gasteiger partial charge in [-0.15, -0.1) is 0 Å². The fourth-order valence-corrected chi connectivity index (χ4v) is 5.66. The van der Waals surface area contributed by atoms with Gasteiger partial charge in [0.1, 0.15) is 29.3 Å². The van der Waals surface area contributed by atoms with Crippen LogP contribution in [0.25, 0.3) is 22.3 Å². The first-order valence-corrected chi connectivity index (χ1v) is 12.2. The molecule has 1 saturated heterocycles. The van der Waals surface area contributed by atoms with Crippen LogP contribution in [0.15, 0.2) is 73.1 Å². The summed E-state index contributed by atoms with van der Waals surface area (Å²) in [4.78, 5) is 23.2. The summed E-state index contributed by atoms with van der Waals surface area (Å²) in [6.07, 6.45) is 3.41. The third-order valence-electron chi connectivity index (χ3n) is 7.35. The number of nitrogens with zero attached hydrogens (tertiary/aromatic N) is 5. The monoisotopic (exact) mass is 480 g/mol. The van der Waals surface area contributed by atoms with Crippen LogP contribution in [-0.4, -0.2) is 43.6 Å². The topological polar surface area (TPSA) is 99.2 Å². The first-order valence-electron chi connectivity index (χ1n) is 12.2. The quantitative estimate of drug-likeness (QED) is 0.410. The van der Waals surface area contributed by atoms with E-state index in [2.05, 4.69) is 16.5 Å². The van der Waals surface area contributed by atoms with Gasteiger partial charge in [0.05, 0.1) is 11.4 Å². The van der Waals surface area contributed by atoms with Crippen LogP contribution in [0.3, 0.4) is 0 Å². The minimum atomic E-state index is 0.0629. The molecule has 36 heavy (non-hydrogen) atoms. The van der Waals surface area contributed by atoms with Gasteiger partial charge < -0.3 is 15.4 Å². The number of anilines is 1. The summed E-state index contributed by atoms with van der Waals surface area (Å²) in [6.45, 7) is 7.15. The summed E-state index contributed by atoms with van der Waals surface area (Å²) in [5.41, 5.74) is 9.38.